The summed E-state index contributed by atoms with van der Waals surface area (Å²) < 4.78 is 14.9. The number of fused-ring (bicyclic) bond motifs is 24. The highest BCUT2D eigenvalue weighted by atomic mass is 32.1. The molecule has 31 aromatic rings. The van der Waals surface area contributed by atoms with Crippen molar-refractivity contribution < 1.29 is 0 Å². The molecule has 0 aliphatic heterocycles. The Morgan fingerprint density at radius 2 is 0.367 bits per heavy atom. The Labute approximate surface area is 884 Å². The highest BCUT2D eigenvalue weighted by Gasteiger charge is 2.26. The van der Waals surface area contributed by atoms with E-state index in [0.717, 1.165) is 151 Å². The Balaban J connectivity index is 0.000000106. The lowest BCUT2D eigenvalue weighted by Crippen LogP contribution is -1.96. The smallest absolute Gasteiger partial charge is 0.160 e. The number of aromatic nitrogens is 9. The molecule has 31 rings (SSSR count). The van der Waals surface area contributed by atoms with Gasteiger partial charge >= 0.3 is 0 Å². The van der Waals surface area contributed by atoms with Gasteiger partial charge in [-0.3, -0.25) is 0 Å². The van der Waals surface area contributed by atoms with Crippen molar-refractivity contribution in [1.29, 1.82) is 0 Å². The molecule has 0 radical (unpaired) electrons. The Bertz CT molecular complexity index is 10400. The van der Waals surface area contributed by atoms with Crippen LogP contribution in [0.3, 0.4) is 0 Å². The first kappa shape index (κ1) is 88.5. The predicted octanol–water partition coefficient (Wildman–Crippen LogP) is 39.0. The molecule has 0 fully saturated rings. The van der Waals surface area contributed by atoms with Gasteiger partial charge in [0.1, 0.15) is 0 Å². The average Bonchev–Trinajstić information content (AvgIpc) is 1.59. The van der Waals surface area contributed by atoms with Crippen molar-refractivity contribution in [3.05, 3.63) is 479 Å². The fraction of sp³-hybridized carbons (Fsp3) is 0. The van der Waals surface area contributed by atoms with Gasteiger partial charge < -0.3 is 0 Å². The summed E-state index contributed by atoms with van der Waals surface area (Å²) in [5, 5.41) is 18.5. The van der Waals surface area contributed by atoms with E-state index in [-0.39, 0.29) is 0 Å². The Morgan fingerprint density at radius 3 is 0.740 bits per heavy atom. The molecule has 0 amide bonds. The Kier molecular flexibility index (Phi) is 21.9. The third kappa shape index (κ3) is 15.7. The molecule has 0 aliphatic rings. The standard InChI is InChI=1S/C49H29N3S2.2C43H25N3S2/c1-3-12-31(13-4-1)41-29-42(32-24-22-30(23-25-32)35-18-11-19-37-36-16-8-10-21-43(36)53-47(35)37)52-49(51-41)34-26-27-44-39(28-34)45-38-17-7-9-20-40(38)50-46(48(45)54-44)33-14-5-2-6-15-33;1-3-12-26(13-4-1)40-42-39(31-17-7-9-20-34(31)44-40)33-24-28(22-23-38(33)48-42)35-25-36(46-43(45-35)27-14-5-2-6-15-27)32-19-11-18-30-29-16-8-10-21-37(29)47-41(30)32;1-3-12-26(13-4-1)35-25-36(32-19-11-18-30-29-16-8-10-21-37(29)47-41(30)32)46-43(45-35)28-22-23-38-33(24-28)39-31-17-7-9-20-34(31)44-40(42(39)48-38)27-14-5-2-6-15-27/h1-29H;2*1-25H. The molecule has 700 valence electrons. The molecule has 0 atom stereocenters. The van der Waals surface area contributed by atoms with E-state index in [1.807, 2.05) is 75.7 Å². The molecule has 0 spiro atoms. The molecule has 0 N–H and O–H groups in total. The van der Waals surface area contributed by atoms with Gasteiger partial charge in [0.25, 0.3) is 0 Å². The number of thiophene rings is 6. The van der Waals surface area contributed by atoms with E-state index in [4.69, 9.17) is 44.9 Å². The highest BCUT2D eigenvalue weighted by Crippen LogP contribution is 2.52. The summed E-state index contributed by atoms with van der Waals surface area (Å²) in [6.07, 6.45) is 0. The monoisotopic (exact) mass is 2020 g/mol. The third-order valence-electron chi connectivity index (χ3n) is 28.5. The number of benzene rings is 19. The van der Waals surface area contributed by atoms with Crippen LogP contribution in [0.15, 0.2) is 479 Å². The highest BCUT2D eigenvalue weighted by molar-refractivity contribution is 7.28. The second-order valence-corrected chi connectivity index (χ2v) is 43.8. The van der Waals surface area contributed by atoms with Crippen molar-refractivity contribution in [2.45, 2.75) is 0 Å². The molecule has 0 aliphatic carbocycles. The van der Waals surface area contributed by atoms with Crippen molar-refractivity contribution in [1.82, 2.24) is 44.9 Å². The van der Waals surface area contributed by atoms with Crippen molar-refractivity contribution in [3.8, 4) is 147 Å². The largest absolute Gasteiger partial charge is 0.246 e. The molecule has 150 heavy (non-hydrogen) atoms. The molecule has 15 heteroatoms. The molecule has 12 aromatic heterocycles. The zero-order valence-electron chi connectivity index (χ0n) is 80.1. The zero-order chi connectivity index (χ0) is 98.8. The quantitative estimate of drug-likeness (QED) is 0.111. The van der Waals surface area contributed by atoms with E-state index in [9.17, 15) is 0 Å². The summed E-state index contributed by atoms with van der Waals surface area (Å²) in [5.74, 6) is 2.14. The number of para-hydroxylation sites is 3. The normalized spacial score (nSPS) is 11.7. The van der Waals surface area contributed by atoms with Crippen LogP contribution in [0.5, 0.6) is 0 Å². The molecule has 0 bridgehead atoms. The van der Waals surface area contributed by atoms with Gasteiger partial charge in [-0.15, -0.1) is 68.0 Å². The van der Waals surface area contributed by atoms with Gasteiger partial charge in [-0.2, -0.15) is 0 Å². The maximum Gasteiger partial charge on any atom is 0.160 e. The minimum absolute atomic E-state index is 0.702. The average molecular weight is 2020 g/mol. The van der Waals surface area contributed by atoms with E-state index >= 15 is 0 Å². The van der Waals surface area contributed by atoms with Crippen molar-refractivity contribution in [2.24, 2.45) is 0 Å². The molecule has 12 heterocycles. The number of rotatable bonds is 13. The third-order valence-corrected chi connectivity index (χ3v) is 35.7. The van der Waals surface area contributed by atoms with Gasteiger partial charge in [0.05, 0.1) is 81.9 Å². The number of pyridine rings is 3. The maximum absolute atomic E-state index is 5.31. The summed E-state index contributed by atoms with van der Waals surface area (Å²) in [7, 11) is 0. The topological polar surface area (TPSA) is 116 Å². The minimum Gasteiger partial charge on any atom is -0.246 e. The van der Waals surface area contributed by atoms with Crippen molar-refractivity contribution >= 4 is 222 Å². The first-order valence-electron chi connectivity index (χ1n) is 49.9. The van der Waals surface area contributed by atoms with Crippen LogP contribution in [-0.2, 0) is 0 Å². The molecule has 0 saturated heterocycles. The first-order chi connectivity index (χ1) is 74.3. The van der Waals surface area contributed by atoms with Crippen LogP contribution in [0.2, 0.25) is 0 Å². The molecular weight excluding hydrogens is 1940 g/mol. The van der Waals surface area contributed by atoms with Gasteiger partial charge in [-0.25, -0.2) is 44.9 Å². The van der Waals surface area contributed by atoms with Gasteiger partial charge in [-0.05, 0) is 114 Å². The molecule has 9 nitrogen and oxygen atoms in total. The molecule has 19 aromatic carbocycles. The SMILES string of the molecule is c1ccc(-c2cc(-c3ccc(-c4cccc5c4sc4ccccc45)cc3)nc(-c3ccc4sc5c(-c6ccccc6)nc6ccccc6c5c4c3)n2)cc1.c1ccc(-c2cc(-c3cccc4c3sc3ccccc34)nc(-c3ccc4sc5c(-c6ccccc6)nc6ccccc6c5c4c3)n2)cc1.c1ccc(-c2nc(-c3ccc4sc5c(-c6ccccc6)nc6ccccc6c5c4c3)cc(-c3cccc4c3sc3ccccc34)n2)cc1. The molecular formula is C135H79N9S6. The minimum atomic E-state index is 0.702. The molecule has 0 unspecified atom stereocenters. The van der Waals surface area contributed by atoms with Crippen LogP contribution in [-0.4, -0.2) is 44.9 Å². The van der Waals surface area contributed by atoms with Gasteiger partial charge in [0.2, 0.25) is 0 Å². The summed E-state index contributed by atoms with van der Waals surface area (Å²) in [6.45, 7) is 0. The second kappa shape index (κ2) is 37.2. The lowest BCUT2D eigenvalue weighted by Gasteiger charge is -2.11. The van der Waals surface area contributed by atoms with Crippen LogP contribution in [0.4, 0.5) is 0 Å². The van der Waals surface area contributed by atoms with Crippen LogP contribution in [0.25, 0.3) is 300 Å². The van der Waals surface area contributed by atoms with Crippen LogP contribution in [0.1, 0.15) is 0 Å². The van der Waals surface area contributed by atoms with Crippen LogP contribution in [0, 0.1) is 0 Å². The van der Waals surface area contributed by atoms with Crippen LogP contribution < -0.4 is 0 Å². The predicted molar refractivity (Wildman–Crippen MR) is 640 cm³/mol. The van der Waals surface area contributed by atoms with E-state index in [1.54, 1.807) is 22.7 Å². The maximum atomic E-state index is 5.31. The van der Waals surface area contributed by atoms with E-state index in [0.29, 0.717) is 11.6 Å². The van der Waals surface area contributed by atoms with Crippen LogP contribution >= 0.6 is 68.0 Å². The summed E-state index contributed by atoms with van der Waals surface area (Å²) in [6, 6.07) is 169. The lowest BCUT2D eigenvalue weighted by atomic mass is 10.00. The zero-order valence-corrected chi connectivity index (χ0v) is 85.0. The molecule has 0 saturated carbocycles. The fourth-order valence-electron chi connectivity index (χ4n) is 21.4. The van der Waals surface area contributed by atoms with Gasteiger partial charge in [0.15, 0.2) is 17.5 Å². The van der Waals surface area contributed by atoms with Crippen molar-refractivity contribution in [2.75, 3.05) is 0 Å². The summed E-state index contributed by atoms with van der Waals surface area (Å²) in [5.41, 5.74) is 26.8. The summed E-state index contributed by atoms with van der Waals surface area (Å²) >= 11 is 10.9. The Morgan fingerprint density at radius 1 is 0.127 bits per heavy atom. The first-order valence-corrected chi connectivity index (χ1v) is 54.8. The fourth-order valence-corrected chi connectivity index (χ4v) is 28.7. The number of hydrogen-bond acceptors (Lipinski definition) is 15. The van der Waals surface area contributed by atoms with Crippen molar-refractivity contribution in [3.63, 3.8) is 0 Å². The second-order valence-electron chi connectivity index (χ2n) is 37.5. The van der Waals surface area contributed by atoms with Gasteiger partial charge in [0, 0.05) is 190 Å². The van der Waals surface area contributed by atoms with E-state index < -0.39 is 0 Å². The van der Waals surface area contributed by atoms with Gasteiger partial charge in [-0.1, -0.05) is 376 Å². The number of hydrogen-bond donors (Lipinski definition) is 0. The Hall–Kier alpha value is -18.0. The summed E-state index contributed by atoms with van der Waals surface area (Å²) in [4.78, 5) is 46.9. The number of nitrogens with zero attached hydrogens (tertiary/aromatic N) is 9. The van der Waals surface area contributed by atoms with E-state index in [1.165, 1.54) is 138 Å². The van der Waals surface area contributed by atoms with E-state index in [2.05, 4.69) is 449 Å². The lowest BCUT2D eigenvalue weighted by molar-refractivity contribution is 1.18.